The van der Waals surface area contributed by atoms with E-state index in [-0.39, 0.29) is 11.9 Å². The number of aromatic nitrogens is 1. The first-order chi connectivity index (χ1) is 7.27. The van der Waals surface area contributed by atoms with Crippen molar-refractivity contribution in [3.63, 3.8) is 0 Å². The molecule has 1 aliphatic rings. The number of halogens is 1. The maximum atomic E-state index is 11.7. The summed E-state index contributed by atoms with van der Waals surface area (Å²) in [7, 11) is 0. The molecule has 1 aromatic heterocycles. The molecular weight excluding hydrogens is 214 g/mol. The second kappa shape index (κ2) is 4.59. The molecule has 2 rings (SSSR count). The lowest BCUT2D eigenvalue weighted by Gasteiger charge is -2.11. The number of amides is 1. The maximum Gasteiger partial charge on any atom is 0.241 e. The summed E-state index contributed by atoms with van der Waals surface area (Å²) in [6.07, 6.45) is 3.51. The van der Waals surface area contributed by atoms with Crippen molar-refractivity contribution in [3.8, 4) is 0 Å². The van der Waals surface area contributed by atoms with Crippen LogP contribution in [-0.4, -0.2) is 23.5 Å². The van der Waals surface area contributed by atoms with Crippen LogP contribution in [0.5, 0.6) is 0 Å². The summed E-state index contributed by atoms with van der Waals surface area (Å²) < 4.78 is 0. The number of carbonyl (C=O) groups excluding carboxylic acids is 1. The highest BCUT2D eigenvalue weighted by atomic mass is 35.5. The number of hydrogen-bond acceptors (Lipinski definition) is 3. The Balaban J connectivity index is 2.02. The van der Waals surface area contributed by atoms with Crippen LogP contribution in [0.25, 0.3) is 0 Å². The summed E-state index contributed by atoms with van der Waals surface area (Å²) >= 11 is 5.83. The van der Waals surface area contributed by atoms with Gasteiger partial charge in [0.2, 0.25) is 5.91 Å². The van der Waals surface area contributed by atoms with E-state index in [1.54, 1.807) is 18.3 Å². The molecule has 1 fully saturated rings. The van der Waals surface area contributed by atoms with Crippen LogP contribution >= 0.6 is 11.6 Å². The third kappa shape index (κ3) is 2.46. The minimum absolute atomic E-state index is 0.0394. The molecule has 2 N–H and O–H groups in total. The first-order valence-electron chi connectivity index (χ1n) is 4.92. The molecule has 0 saturated carbocycles. The van der Waals surface area contributed by atoms with Gasteiger partial charge in [0.15, 0.2) is 5.15 Å². The molecular formula is C10H12ClN3O. The Morgan fingerprint density at radius 2 is 2.53 bits per heavy atom. The molecule has 0 aliphatic carbocycles. The zero-order chi connectivity index (χ0) is 10.7. The van der Waals surface area contributed by atoms with Crippen LogP contribution in [-0.2, 0) is 4.79 Å². The van der Waals surface area contributed by atoms with Crippen LogP contribution in [0.15, 0.2) is 18.3 Å². The summed E-state index contributed by atoms with van der Waals surface area (Å²) in [6, 6.07) is 3.38. The number of hydrogen-bond donors (Lipinski definition) is 2. The standard InChI is InChI=1S/C10H12ClN3O/c11-9-7(3-1-6-13-9)14-10(15)8-4-2-5-12-8/h1,3,6,8,12H,2,4-5H2,(H,14,15). The number of carbonyl (C=O) groups is 1. The monoisotopic (exact) mass is 225 g/mol. The van der Waals surface area contributed by atoms with Crippen LogP contribution in [0.2, 0.25) is 5.15 Å². The molecule has 4 nitrogen and oxygen atoms in total. The van der Waals surface area contributed by atoms with E-state index < -0.39 is 0 Å². The van der Waals surface area contributed by atoms with Gasteiger partial charge in [-0.3, -0.25) is 4.79 Å². The van der Waals surface area contributed by atoms with Crippen molar-refractivity contribution in [2.75, 3.05) is 11.9 Å². The molecule has 15 heavy (non-hydrogen) atoms. The van der Waals surface area contributed by atoms with Gasteiger partial charge < -0.3 is 10.6 Å². The van der Waals surface area contributed by atoms with E-state index in [1.807, 2.05) is 0 Å². The van der Waals surface area contributed by atoms with Gasteiger partial charge in [-0.2, -0.15) is 0 Å². The minimum atomic E-state index is -0.0960. The van der Waals surface area contributed by atoms with E-state index in [9.17, 15) is 4.79 Å². The molecule has 5 heteroatoms. The van der Waals surface area contributed by atoms with Crippen molar-refractivity contribution < 1.29 is 4.79 Å². The Morgan fingerprint density at radius 1 is 1.67 bits per heavy atom. The quantitative estimate of drug-likeness (QED) is 0.749. The lowest BCUT2D eigenvalue weighted by molar-refractivity contribution is -0.117. The van der Waals surface area contributed by atoms with E-state index in [0.29, 0.717) is 10.8 Å². The summed E-state index contributed by atoms with van der Waals surface area (Å²) in [5, 5.41) is 6.20. The maximum absolute atomic E-state index is 11.7. The van der Waals surface area contributed by atoms with Crippen molar-refractivity contribution in [3.05, 3.63) is 23.5 Å². The first-order valence-corrected chi connectivity index (χ1v) is 5.30. The predicted molar refractivity (Wildman–Crippen MR) is 58.9 cm³/mol. The average molecular weight is 226 g/mol. The Bertz CT molecular complexity index is 363. The number of rotatable bonds is 2. The van der Waals surface area contributed by atoms with E-state index in [2.05, 4.69) is 15.6 Å². The zero-order valence-corrected chi connectivity index (χ0v) is 8.92. The van der Waals surface area contributed by atoms with Gasteiger partial charge in [0.1, 0.15) is 0 Å². The fraction of sp³-hybridized carbons (Fsp3) is 0.400. The van der Waals surface area contributed by atoms with Gasteiger partial charge in [-0.05, 0) is 31.5 Å². The van der Waals surface area contributed by atoms with Crippen LogP contribution in [0.1, 0.15) is 12.8 Å². The molecule has 1 aliphatic heterocycles. The molecule has 1 saturated heterocycles. The van der Waals surface area contributed by atoms with Crippen molar-refractivity contribution in [2.24, 2.45) is 0 Å². The molecule has 0 aromatic carbocycles. The van der Waals surface area contributed by atoms with Crippen LogP contribution < -0.4 is 10.6 Å². The zero-order valence-electron chi connectivity index (χ0n) is 8.16. The third-order valence-electron chi connectivity index (χ3n) is 2.39. The smallest absolute Gasteiger partial charge is 0.241 e. The fourth-order valence-corrected chi connectivity index (χ4v) is 1.77. The summed E-state index contributed by atoms with van der Waals surface area (Å²) in [5.41, 5.74) is 0.567. The Hall–Kier alpha value is -1.13. The number of pyridine rings is 1. The van der Waals surface area contributed by atoms with Crippen molar-refractivity contribution in [1.29, 1.82) is 0 Å². The number of nitrogens with one attached hydrogen (secondary N) is 2. The highest BCUT2D eigenvalue weighted by Gasteiger charge is 2.22. The van der Waals surface area contributed by atoms with Gasteiger partial charge in [0.25, 0.3) is 0 Å². The normalized spacial score (nSPS) is 20.2. The van der Waals surface area contributed by atoms with Gasteiger partial charge in [-0.15, -0.1) is 0 Å². The lowest BCUT2D eigenvalue weighted by atomic mass is 10.2. The van der Waals surface area contributed by atoms with Crippen LogP contribution in [0.3, 0.4) is 0 Å². The van der Waals surface area contributed by atoms with E-state index >= 15 is 0 Å². The molecule has 1 amide bonds. The summed E-state index contributed by atoms with van der Waals surface area (Å²) in [6.45, 7) is 0.902. The van der Waals surface area contributed by atoms with Gasteiger partial charge in [0, 0.05) is 6.20 Å². The van der Waals surface area contributed by atoms with Gasteiger partial charge in [-0.1, -0.05) is 11.6 Å². The van der Waals surface area contributed by atoms with Crippen LogP contribution in [0, 0.1) is 0 Å². The predicted octanol–water partition coefficient (Wildman–Crippen LogP) is 1.43. The minimum Gasteiger partial charge on any atom is -0.322 e. The highest BCUT2D eigenvalue weighted by Crippen LogP contribution is 2.18. The molecule has 2 heterocycles. The van der Waals surface area contributed by atoms with Crippen molar-refractivity contribution in [2.45, 2.75) is 18.9 Å². The Morgan fingerprint density at radius 3 is 3.20 bits per heavy atom. The Kier molecular flexibility index (Phi) is 3.18. The topological polar surface area (TPSA) is 54.0 Å². The molecule has 0 bridgehead atoms. The van der Waals surface area contributed by atoms with Crippen LogP contribution in [0.4, 0.5) is 5.69 Å². The fourth-order valence-electron chi connectivity index (χ4n) is 1.61. The van der Waals surface area contributed by atoms with E-state index in [4.69, 9.17) is 11.6 Å². The molecule has 0 radical (unpaired) electrons. The van der Waals surface area contributed by atoms with Gasteiger partial charge >= 0.3 is 0 Å². The van der Waals surface area contributed by atoms with E-state index in [0.717, 1.165) is 19.4 Å². The van der Waals surface area contributed by atoms with E-state index in [1.165, 1.54) is 0 Å². The van der Waals surface area contributed by atoms with Gasteiger partial charge in [0.05, 0.1) is 11.7 Å². The molecule has 1 aromatic rings. The SMILES string of the molecule is O=C(Nc1cccnc1Cl)C1CCCN1. The van der Waals surface area contributed by atoms with Crippen molar-refractivity contribution >= 4 is 23.2 Å². The second-order valence-corrected chi connectivity index (χ2v) is 3.84. The average Bonchev–Trinajstić information content (AvgIpc) is 2.74. The largest absolute Gasteiger partial charge is 0.322 e. The third-order valence-corrected chi connectivity index (χ3v) is 2.69. The number of nitrogens with zero attached hydrogens (tertiary/aromatic N) is 1. The molecule has 1 unspecified atom stereocenters. The summed E-state index contributed by atoms with van der Waals surface area (Å²) in [5.74, 6) is -0.0394. The highest BCUT2D eigenvalue weighted by molar-refractivity contribution is 6.32. The number of anilines is 1. The molecule has 80 valence electrons. The van der Waals surface area contributed by atoms with Gasteiger partial charge in [-0.25, -0.2) is 4.98 Å². The molecule has 1 atom stereocenters. The van der Waals surface area contributed by atoms with Crippen molar-refractivity contribution in [1.82, 2.24) is 10.3 Å². The summed E-state index contributed by atoms with van der Waals surface area (Å²) in [4.78, 5) is 15.6. The molecule has 0 spiro atoms. The first kappa shape index (κ1) is 10.4. The Labute approximate surface area is 93.0 Å². The lowest BCUT2D eigenvalue weighted by Crippen LogP contribution is -2.35. The second-order valence-electron chi connectivity index (χ2n) is 3.48.